The number of ether oxygens (including phenoxy) is 1. The third kappa shape index (κ3) is 9.40. The maximum absolute atomic E-state index is 11.6. The SMILES string of the molecule is CC.Cc1ccccc1CNCC(C)NC(=O)OC(C)(C)C. The molecule has 0 aliphatic rings. The van der Waals surface area contributed by atoms with Crippen molar-refractivity contribution in [1.82, 2.24) is 10.6 Å². The molecular formula is C18H32N2O2. The lowest BCUT2D eigenvalue weighted by atomic mass is 10.1. The first kappa shape index (κ1) is 20.5. The van der Waals surface area contributed by atoms with Crippen LogP contribution in [0.5, 0.6) is 0 Å². The van der Waals surface area contributed by atoms with E-state index in [0.717, 1.165) is 6.54 Å². The van der Waals surface area contributed by atoms with Gasteiger partial charge in [0.2, 0.25) is 0 Å². The highest BCUT2D eigenvalue weighted by molar-refractivity contribution is 5.68. The van der Waals surface area contributed by atoms with Crippen LogP contribution < -0.4 is 10.6 Å². The maximum atomic E-state index is 11.6. The van der Waals surface area contributed by atoms with Crippen molar-refractivity contribution < 1.29 is 9.53 Å². The Labute approximate surface area is 135 Å². The van der Waals surface area contributed by atoms with Crippen LogP contribution in [0.1, 0.15) is 52.7 Å². The van der Waals surface area contributed by atoms with Crippen molar-refractivity contribution in [2.75, 3.05) is 6.54 Å². The van der Waals surface area contributed by atoms with Crippen molar-refractivity contribution in [3.8, 4) is 0 Å². The Morgan fingerprint density at radius 2 is 1.82 bits per heavy atom. The van der Waals surface area contributed by atoms with E-state index < -0.39 is 5.60 Å². The normalized spacial score (nSPS) is 12.0. The Balaban J connectivity index is 0.00000211. The van der Waals surface area contributed by atoms with E-state index in [2.05, 4.69) is 29.7 Å². The van der Waals surface area contributed by atoms with E-state index in [-0.39, 0.29) is 12.1 Å². The summed E-state index contributed by atoms with van der Waals surface area (Å²) in [5.41, 5.74) is 2.09. The predicted molar refractivity (Wildman–Crippen MR) is 93.1 cm³/mol. The summed E-state index contributed by atoms with van der Waals surface area (Å²) in [5.74, 6) is 0. The largest absolute Gasteiger partial charge is 0.444 e. The van der Waals surface area contributed by atoms with Crippen molar-refractivity contribution >= 4 is 6.09 Å². The summed E-state index contributed by atoms with van der Waals surface area (Å²) < 4.78 is 5.21. The van der Waals surface area contributed by atoms with Gasteiger partial charge in [-0.2, -0.15) is 0 Å². The molecule has 1 aromatic rings. The minimum absolute atomic E-state index is 0.0221. The highest BCUT2D eigenvalue weighted by Crippen LogP contribution is 2.07. The molecule has 1 aromatic carbocycles. The lowest BCUT2D eigenvalue weighted by Gasteiger charge is -2.22. The Bertz CT molecular complexity index is 439. The van der Waals surface area contributed by atoms with Crippen LogP contribution in [0.25, 0.3) is 0 Å². The van der Waals surface area contributed by atoms with Crippen LogP contribution in [-0.2, 0) is 11.3 Å². The molecule has 0 aromatic heterocycles. The summed E-state index contributed by atoms with van der Waals surface area (Å²) in [6.07, 6.45) is -0.373. The molecule has 0 aliphatic carbocycles. The molecule has 0 bridgehead atoms. The van der Waals surface area contributed by atoms with Crippen LogP contribution in [0.4, 0.5) is 4.79 Å². The molecule has 0 fully saturated rings. The number of rotatable bonds is 5. The molecule has 0 spiro atoms. The first-order valence-electron chi connectivity index (χ1n) is 8.02. The van der Waals surface area contributed by atoms with Gasteiger partial charge in [0.1, 0.15) is 5.60 Å². The fourth-order valence-corrected chi connectivity index (χ4v) is 1.79. The second kappa shape index (κ2) is 10.2. The first-order valence-corrected chi connectivity index (χ1v) is 8.02. The summed E-state index contributed by atoms with van der Waals surface area (Å²) in [6.45, 7) is 15.1. The monoisotopic (exact) mass is 308 g/mol. The quantitative estimate of drug-likeness (QED) is 0.863. The Hall–Kier alpha value is -1.55. The fraction of sp³-hybridized carbons (Fsp3) is 0.611. The number of carbonyl (C=O) groups is 1. The van der Waals surface area contributed by atoms with Crippen LogP contribution in [-0.4, -0.2) is 24.3 Å². The van der Waals surface area contributed by atoms with Gasteiger partial charge in [-0.1, -0.05) is 38.1 Å². The summed E-state index contributed by atoms with van der Waals surface area (Å²) in [4.78, 5) is 11.6. The van der Waals surface area contributed by atoms with E-state index in [4.69, 9.17) is 4.74 Å². The van der Waals surface area contributed by atoms with Gasteiger partial charge in [-0.15, -0.1) is 0 Å². The zero-order valence-electron chi connectivity index (χ0n) is 15.1. The third-order valence-corrected chi connectivity index (χ3v) is 2.79. The molecular weight excluding hydrogens is 276 g/mol. The van der Waals surface area contributed by atoms with Gasteiger partial charge >= 0.3 is 6.09 Å². The van der Waals surface area contributed by atoms with Crippen molar-refractivity contribution in [3.05, 3.63) is 35.4 Å². The first-order chi connectivity index (χ1) is 10.3. The topological polar surface area (TPSA) is 50.4 Å². The van der Waals surface area contributed by atoms with Gasteiger partial charge in [0, 0.05) is 19.1 Å². The van der Waals surface area contributed by atoms with Gasteiger partial charge in [0.25, 0.3) is 0 Å². The minimum atomic E-state index is -0.460. The van der Waals surface area contributed by atoms with Crippen LogP contribution in [0.15, 0.2) is 24.3 Å². The van der Waals surface area contributed by atoms with Crippen molar-refractivity contribution in [3.63, 3.8) is 0 Å². The molecule has 0 aliphatic heterocycles. The summed E-state index contributed by atoms with van der Waals surface area (Å²) in [6, 6.07) is 8.29. The lowest BCUT2D eigenvalue weighted by Crippen LogP contribution is -2.42. The van der Waals surface area contributed by atoms with E-state index in [1.54, 1.807) is 0 Å². The average molecular weight is 308 g/mol. The number of benzene rings is 1. The molecule has 0 radical (unpaired) electrons. The average Bonchev–Trinajstić information content (AvgIpc) is 2.41. The van der Waals surface area contributed by atoms with Crippen molar-refractivity contribution in [2.45, 2.75) is 66.7 Å². The summed E-state index contributed by atoms with van der Waals surface area (Å²) in [5, 5.41) is 6.15. The molecule has 1 atom stereocenters. The van der Waals surface area contributed by atoms with Crippen molar-refractivity contribution in [2.24, 2.45) is 0 Å². The molecule has 126 valence electrons. The molecule has 0 saturated heterocycles. The lowest BCUT2D eigenvalue weighted by molar-refractivity contribution is 0.0508. The highest BCUT2D eigenvalue weighted by Gasteiger charge is 2.17. The third-order valence-electron chi connectivity index (χ3n) is 2.79. The highest BCUT2D eigenvalue weighted by atomic mass is 16.6. The molecule has 22 heavy (non-hydrogen) atoms. The number of aryl methyl sites for hydroxylation is 1. The van der Waals surface area contributed by atoms with Crippen LogP contribution in [0.3, 0.4) is 0 Å². The number of nitrogens with one attached hydrogen (secondary N) is 2. The molecule has 2 N–H and O–H groups in total. The van der Waals surface area contributed by atoms with Crippen LogP contribution in [0.2, 0.25) is 0 Å². The number of hydrogen-bond acceptors (Lipinski definition) is 3. The number of carbonyl (C=O) groups excluding carboxylic acids is 1. The number of amides is 1. The number of hydrogen-bond donors (Lipinski definition) is 2. The number of alkyl carbamates (subject to hydrolysis) is 1. The smallest absolute Gasteiger partial charge is 0.407 e. The van der Waals surface area contributed by atoms with Gasteiger partial charge in [-0.25, -0.2) is 4.79 Å². The molecule has 4 heteroatoms. The second-order valence-electron chi connectivity index (χ2n) is 6.10. The van der Waals surface area contributed by atoms with E-state index in [9.17, 15) is 4.79 Å². The molecule has 1 unspecified atom stereocenters. The Kier molecular flexibility index (Phi) is 9.50. The van der Waals surface area contributed by atoms with Crippen molar-refractivity contribution in [1.29, 1.82) is 0 Å². The van der Waals surface area contributed by atoms with Gasteiger partial charge in [0.05, 0.1) is 0 Å². The van der Waals surface area contributed by atoms with Crippen LogP contribution >= 0.6 is 0 Å². The predicted octanol–water partition coefficient (Wildman–Crippen LogP) is 4.02. The molecule has 0 heterocycles. The van der Waals surface area contributed by atoms with Gasteiger partial charge in [0.15, 0.2) is 0 Å². The van der Waals surface area contributed by atoms with E-state index >= 15 is 0 Å². The molecule has 1 rings (SSSR count). The summed E-state index contributed by atoms with van der Waals surface area (Å²) >= 11 is 0. The Morgan fingerprint density at radius 3 is 2.36 bits per heavy atom. The van der Waals surface area contributed by atoms with Crippen LogP contribution in [0, 0.1) is 6.92 Å². The van der Waals surface area contributed by atoms with E-state index in [1.165, 1.54) is 11.1 Å². The fourth-order valence-electron chi connectivity index (χ4n) is 1.79. The Morgan fingerprint density at radius 1 is 1.23 bits per heavy atom. The summed E-state index contributed by atoms with van der Waals surface area (Å²) in [7, 11) is 0. The standard InChI is InChI=1S/C16H26N2O2.C2H6/c1-12-8-6-7-9-14(12)11-17-10-13(2)18-15(19)20-16(3,4)5;1-2/h6-9,13,17H,10-11H2,1-5H3,(H,18,19);1-2H3. The minimum Gasteiger partial charge on any atom is -0.444 e. The van der Waals surface area contributed by atoms with Gasteiger partial charge in [-0.05, 0) is 45.7 Å². The van der Waals surface area contributed by atoms with E-state index in [0.29, 0.717) is 6.54 Å². The maximum Gasteiger partial charge on any atom is 0.407 e. The molecule has 0 saturated carbocycles. The zero-order valence-corrected chi connectivity index (χ0v) is 15.1. The second-order valence-corrected chi connectivity index (χ2v) is 6.10. The van der Waals surface area contributed by atoms with Gasteiger partial charge in [-0.3, -0.25) is 0 Å². The van der Waals surface area contributed by atoms with E-state index in [1.807, 2.05) is 53.7 Å². The molecule has 1 amide bonds. The zero-order chi connectivity index (χ0) is 17.2. The molecule has 4 nitrogen and oxygen atoms in total. The van der Waals surface area contributed by atoms with Gasteiger partial charge < -0.3 is 15.4 Å².